The Kier molecular flexibility index (Phi) is 4.32. The number of ether oxygens (including phenoxy) is 2. The van der Waals surface area contributed by atoms with Crippen LogP contribution in [-0.2, 0) is 0 Å². The highest BCUT2D eigenvalue weighted by Crippen LogP contribution is 2.27. The lowest BCUT2D eigenvalue weighted by Crippen LogP contribution is -2.09. The van der Waals surface area contributed by atoms with E-state index in [2.05, 4.69) is 0 Å². The molecule has 110 valence electrons. The Balaban J connectivity index is 1.54. The van der Waals surface area contributed by atoms with Crippen molar-refractivity contribution in [2.75, 3.05) is 6.61 Å². The first-order valence-corrected chi connectivity index (χ1v) is 7.41. The van der Waals surface area contributed by atoms with Gasteiger partial charge in [0.15, 0.2) is 0 Å². The van der Waals surface area contributed by atoms with Crippen molar-refractivity contribution in [3.8, 4) is 11.5 Å². The maximum absolute atomic E-state index is 10.1. The second-order valence-electron chi connectivity index (χ2n) is 5.17. The van der Waals surface area contributed by atoms with Crippen LogP contribution in [0.2, 0.25) is 5.02 Å². The molecule has 3 rings (SSSR count). The molecule has 0 aromatic heterocycles. The SMILES string of the molecule is OC(COc1ccc(Cl)cc1)c1ccc(OC2CC2)cc1. The van der Waals surface area contributed by atoms with Gasteiger partial charge in [-0.3, -0.25) is 0 Å². The number of aliphatic hydroxyl groups excluding tert-OH is 1. The van der Waals surface area contributed by atoms with Crippen molar-refractivity contribution >= 4 is 11.6 Å². The molecule has 2 aromatic carbocycles. The van der Waals surface area contributed by atoms with Crippen molar-refractivity contribution in [2.45, 2.75) is 25.0 Å². The Morgan fingerprint density at radius 3 is 2.24 bits per heavy atom. The Morgan fingerprint density at radius 1 is 1.00 bits per heavy atom. The molecule has 0 radical (unpaired) electrons. The van der Waals surface area contributed by atoms with Gasteiger partial charge in [-0.1, -0.05) is 23.7 Å². The summed E-state index contributed by atoms with van der Waals surface area (Å²) in [6.07, 6.45) is 1.99. The van der Waals surface area contributed by atoms with Gasteiger partial charge in [0.1, 0.15) is 24.2 Å². The summed E-state index contributed by atoms with van der Waals surface area (Å²) in [7, 11) is 0. The Hall–Kier alpha value is -1.71. The molecule has 0 saturated heterocycles. The van der Waals surface area contributed by atoms with Crippen LogP contribution >= 0.6 is 11.6 Å². The lowest BCUT2D eigenvalue weighted by atomic mass is 10.1. The van der Waals surface area contributed by atoms with E-state index < -0.39 is 6.10 Å². The minimum absolute atomic E-state index is 0.199. The van der Waals surface area contributed by atoms with Crippen LogP contribution in [0.4, 0.5) is 0 Å². The molecule has 1 unspecified atom stereocenters. The highest BCUT2D eigenvalue weighted by atomic mass is 35.5. The van der Waals surface area contributed by atoms with Crippen molar-refractivity contribution in [1.82, 2.24) is 0 Å². The van der Waals surface area contributed by atoms with E-state index in [0.717, 1.165) is 24.2 Å². The number of hydrogen-bond acceptors (Lipinski definition) is 3. The first-order valence-electron chi connectivity index (χ1n) is 7.04. The molecule has 1 atom stereocenters. The van der Waals surface area contributed by atoms with Crippen LogP contribution in [0.5, 0.6) is 11.5 Å². The van der Waals surface area contributed by atoms with Gasteiger partial charge >= 0.3 is 0 Å². The van der Waals surface area contributed by atoms with Gasteiger partial charge in [0.05, 0.1) is 6.10 Å². The molecule has 1 N–H and O–H groups in total. The van der Waals surface area contributed by atoms with Crippen LogP contribution in [0.3, 0.4) is 0 Å². The lowest BCUT2D eigenvalue weighted by molar-refractivity contribution is 0.108. The Bertz CT molecular complexity index is 576. The average molecular weight is 305 g/mol. The largest absolute Gasteiger partial charge is 0.491 e. The maximum atomic E-state index is 10.1. The second kappa shape index (κ2) is 6.37. The maximum Gasteiger partial charge on any atom is 0.119 e. The molecule has 1 aliphatic rings. The van der Waals surface area contributed by atoms with Crippen LogP contribution in [0.15, 0.2) is 48.5 Å². The molecule has 0 heterocycles. The van der Waals surface area contributed by atoms with E-state index in [9.17, 15) is 5.11 Å². The normalized spacial score (nSPS) is 15.5. The van der Waals surface area contributed by atoms with E-state index in [-0.39, 0.29) is 6.61 Å². The van der Waals surface area contributed by atoms with Crippen molar-refractivity contribution in [3.05, 3.63) is 59.1 Å². The van der Waals surface area contributed by atoms with Crippen LogP contribution in [-0.4, -0.2) is 17.8 Å². The molecule has 0 amide bonds. The summed E-state index contributed by atoms with van der Waals surface area (Å²) in [5.41, 5.74) is 0.812. The summed E-state index contributed by atoms with van der Waals surface area (Å²) in [6.45, 7) is 0.199. The summed E-state index contributed by atoms with van der Waals surface area (Å²) in [5, 5.41) is 10.8. The van der Waals surface area contributed by atoms with E-state index in [4.69, 9.17) is 21.1 Å². The molecule has 1 fully saturated rings. The molecule has 0 spiro atoms. The van der Waals surface area contributed by atoms with Gasteiger partial charge in [-0.2, -0.15) is 0 Å². The monoisotopic (exact) mass is 304 g/mol. The molecule has 2 aromatic rings. The standard InChI is InChI=1S/C17H17ClO3/c18-13-3-7-14(8-4-13)20-11-17(19)12-1-5-15(6-2-12)21-16-9-10-16/h1-8,16-17,19H,9-11H2. The summed E-state index contributed by atoms with van der Waals surface area (Å²) in [5.74, 6) is 1.54. The fourth-order valence-corrected chi connectivity index (χ4v) is 2.08. The summed E-state index contributed by atoms with van der Waals surface area (Å²) in [4.78, 5) is 0. The third kappa shape index (κ3) is 4.13. The number of halogens is 1. The van der Waals surface area contributed by atoms with E-state index >= 15 is 0 Å². The van der Waals surface area contributed by atoms with Gasteiger partial charge in [0, 0.05) is 5.02 Å². The Labute approximate surface area is 129 Å². The molecule has 4 heteroatoms. The van der Waals surface area contributed by atoms with Crippen LogP contribution in [0.1, 0.15) is 24.5 Å². The minimum atomic E-state index is -0.671. The second-order valence-corrected chi connectivity index (χ2v) is 5.60. The molecule has 1 aliphatic carbocycles. The first-order chi connectivity index (χ1) is 10.2. The number of benzene rings is 2. The zero-order chi connectivity index (χ0) is 14.7. The zero-order valence-corrected chi connectivity index (χ0v) is 12.3. The third-order valence-corrected chi connectivity index (χ3v) is 3.57. The quantitative estimate of drug-likeness (QED) is 0.877. The summed E-state index contributed by atoms with van der Waals surface area (Å²) >= 11 is 5.81. The van der Waals surface area contributed by atoms with E-state index in [1.807, 2.05) is 24.3 Å². The number of rotatable bonds is 6. The first kappa shape index (κ1) is 14.2. The highest BCUT2D eigenvalue weighted by Gasteiger charge is 2.23. The van der Waals surface area contributed by atoms with Gasteiger partial charge in [0.25, 0.3) is 0 Å². The van der Waals surface area contributed by atoms with Crippen LogP contribution in [0, 0.1) is 0 Å². The summed E-state index contributed by atoms with van der Waals surface area (Å²) < 4.78 is 11.2. The van der Waals surface area contributed by atoms with Crippen LogP contribution in [0.25, 0.3) is 0 Å². The predicted molar refractivity (Wildman–Crippen MR) is 82.0 cm³/mol. The number of hydrogen-bond donors (Lipinski definition) is 1. The molecule has 3 nitrogen and oxygen atoms in total. The fraction of sp³-hybridized carbons (Fsp3) is 0.294. The highest BCUT2D eigenvalue weighted by molar-refractivity contribution is 6.30. The van der Waals surface area contributed by atoms with Gasteiger partial charge in [0.2, 0.25) is 0 Å². The predicted octanol–water partition coefficient (Wildman–Crippen LogP) is 3.99. The van der Waals surface area contributed by atoms with Crippen LogP contribution < -0.4 is 9.47 Å². The molecule has 0 aliphatic heterocycles. The minimum Gasteiger partial charge on any atom is -0.491 e. The van der Waals surface area contributed by atoms with Crippen molar-refractivity contribution in [1.29, 1.82) is 0 Å². The molecular formula is C17H17ClO3. The van der Waals surface area contributed by atoms with Gasteiger partial charge in [-0.25, -0.2) is 0 Å². The molecule has 1 saturated carbocycles. The smallest absolute Gasteiger partial charge is 0.119 e. The average Bonchev–Trinajstić information content (AvgIpc) is 3.31. The van der Waals surface area contributed by atoms with Gasteiger partial charge in [-0.15, -0.1) is 0 Å². The fourth-order valence-electron chi connectivity index (χ4n) is 1.95. The molecule has 21 heavy (non-hydrogen) atoms. The van der Waals surface area contributed by atoms with Crippen molar-refractivity contribution in [3.63, 3.8) is 0 Å². The van der Waals surface area contributed by atoms with Crippen molar-refractivity contribution < 1.29 is 14.6 Å². The molecular weight excluding hydrogens is 288 g/mol. The molecule has 0 bridgehead atoms. The topological polar surface area (TPSA) is 38.7 Å². The van der Waals surface area contributed by atoms with E-state index in [1.165, 1.54) is 0 Å². The number of aliphatic hydroxyl groups is 1. The third-order valence-electron chi connectivity index (χ3n) is 3.31. The summed E-state index contributed by atoms with van der Waals surface area (Å²) in [6, 6.07) is 14.6. The van der Waals surface area contributed by atoms with Gasteiger partial charge in [-0.05, 0) is 54.8 Å². The van der Waals surface area contributed by atoms with Crippen molar-refractivity contribution in [2.24, 2.45) is 0 Å². The van der Waals surface area contributed by atoms with Gasteiger partial charge < -0.3 is 14.6 Å². The zero-order valence-electron chi connectivity index (χ0n) is 11.5. The van der Waals surface area contributed by atoms with E-state index in [0.29, 0.717) is 16.9 Å². The lowest BCUT2D eigenvalue weighted by Gasteiger charge is -2.13. The Morgan fingerprint density at radius 2 is 1.62 bits per heavy atom. The van der Waals surface area contributed by atoms with E-state index in [1.54, 1.807) is 24.3 Å².